The Hall–Kier alpha value is -5.75. The van der Waals surface area contributed by atoms with Gasteiger partial charge >= 0.3 is 11.9 Å². The van der Waals surface area contributed by atoms with Crippen molar-refractivity contribution in [3.63, 3.8) is 0 Å². The smallest absolute Gasteiger partial charge is 0.346 e. The minimum Gasteiger partial charge on any atom is -0.386 e. The second-order valence-electron chi connectivity index (χ2n) is 9.68. The van der Waals surface area contributed by atoms with E-state index < -0.39 is 33.6 Å². The molecule has 0 spiro atoms. The number of esters is 2. The van der Waals surface area contributed by atoms with E-state index in [1.165, 1.54) is 84.9 Å². The first-order valence-electron chi connectivity index (χ1n) is 12.7. The van der Waals surface area contributed by atoms with Crippen molar-refractivity contribution in [3.05, 3.63) is 118 Å². The third kappa shape index (κ3) is 5.00. The van der Waals surface area contributed by atoms with Crippen molar-refractivity contribution in [3.8, 4) is 0 Å². The lowest BCUT2D eigenvalue weighted by Crippen LogP contribution is -2.13. The van der Waals surface area contributed by atoms with Crippen LogP contribution in [0.3, 0.4) is 0 Å². The SMILES string of the molecule is O=C(Nc1ccc(S(=O)(=O)c2ccc(NC(=O)c3ccc4c(c3)C(=O)OC4=O)cc2)cc1)c1ccc2c(c1)C(=O)CC2=O. The fourth-order valence-electron chi connectivity index (χ4n) is 4.70. The molecule has 0 bridgehead atoms. The molecule has 2 aliphatic rings. The van der Waals surface area contributed by atoms with Gasteiger partial charge in [0.25, 0.3) is 11.8 Å². The Morgan fingerprint density at radius 3 is 1.53 bits per heavy atom. The van der Waals surface area contributed by atoms with E-state index in [2.05, 4.69) is 15.4 Å². The van der Waals surface area contributed by atoms with E-state index in [0.717, 1.165) is 0 Å². The zero-order chi connectivity index (χ0) is 30.5. The summed E-state index contributed by atoms with van der Waals surface area (Å²) in [7, 11) is -3.95. The first kappa shape index (κ1) is 27.4. The molecular formula is C31H18N2O9S. The summed E-state index contributed by atoms with van der Waals surface area (Å²) in [4.78, 5) is 72.4. The number of ketones is 2. The van der Waals surface area contributed by atoms with Crippen molar-refractivity contribution in [1.82, 2.24) is 0 Å². The van der Waals surface area contributed by atoms with E-state index in [0.29, 0.717) is 11.4 Å². The van der Waals surface area contributed by atoms with Gasteiger partial charge in [0.05, 0.1) is 27.3 Å². The van der Waals surface area contributed by atoms with Crippen molar-refractivity contribution in [2.75, 3.05) is 10.6 Å². The van der Waals surface area contributed by atoms with Crippen LogP contribution in [0.1, 0.15) is 68.6 Å². The molecule has 0 radical (unpaired) electrons. The number of sulfone groups is 1. The van der Waals surface area contributed by atoms with Gasteiger partial charge in [-0.05, 0) is 84.9 Å². The van der Waals surface area contributed by atoms with E-state index in [1.54, 1.807) is 0 Å². The van der Waals surface area contributed by atoms with Crippen molar-refractivity contribution in [2.45, 2.75) is 16.2 Å². The first-order valence-corrected chi connectivity index (χ1v) is 14.2. The van der Waals surface area contributed by atoms with Crippen LogP contribution in [0.2, 0.25) is 0 Å². The fraction of sp³-hybridized carbons (Fsp3) is 0.0323. The lowest BCUT2D eigenvalue weighted by molar-refractivity contribution is 0.0442. The second kappa shape index (κ2) is 10.3. The van der Waals surface area contributed by atoms with E-state index in [1.807, 2.05) is 0 Å². The van der Waals surface area contributed by atoms with Gasteiger partial charge in [0.1, 0.15) is 0 Å². The van der Waals surface area contributed by atoms with Crippen molar-refractivity contribution in [2.24, 2.45) is 0 Å². The number of rotatable bonds is 6. The van der Waals surface area contributed by atoms with Gasteiger partial charge in [-0.15, -0.1) is 0 Å². The molecule has 12 heteroatoms. The number of amides is 2. The number of hydrogen-bond donors (Lipinski definition) is 2. The third-order valence-electron chi connectivity index (χ3n) is 6.96. The Balaban J connectivity index is 1.12. The van der Waals surface area contributed by atoms with Crippen LogP contribution in [-0.2, 0) is 14.6 Å². The van der Waals surface area contributed by atoms with Crippen LogP contribution in [-0.4, -0.2) is 43.7 Å². The lowest BCUT2D eigenvalue weighted by atomic mass is 10.1. The molecule has 0 aromatic heterocycles. The van der Waals surface area contributed by atoms with E-state index in [9.17, 15) is 37.2 Å². The first-order chi connectivity index (χ1) is 20.5. The molecule has 2 amide bonds. The second-order valence-corrected chi connectivity index (χ2v) is 11.6. The monoisotopic (exact) mass is 594 g/mol. The Labute approximate surface area is 243 Å². The average molecular weight is 595 g/mol. The van der Waals surface area contributed by atoms with Gasteiger partial charge in [-0.2, -0.15) is 0 Å². The van der Waals surface area contributed by atoms with E-state index >= 15 is 0 Å². The number of ether oxygens (including phenoxy) is 1. The largest absolute Gasteiger partial charge is 0.386 e. The molecule has 2 N–H and O–H groups in total. The van der Waals surface area contributed by atoms with Crippen LogP contribution in [0.25, 0.3) is 0 Å². The van der Waals surface area contributed by atoms with Gasteiger partial charge in [-0.1, -0.05) is 0 Å². The van der Waals surface area contributed by atoms with Crippen LogP contribution >= 0.6 is 0 Å². The standard InChI is InChI=1S/C31H18N2O9S/c34-26-15-27(35)24-13-16(1-11-22(24)26)28(36)32-18-3-7-20(8-4-18)43(40,41)21-9-5-19(6-10-21)33-29(37)17-2-12-23-25(14-17)31(39)42-30(23)38/h1-14H,15H2,(H,32,36)(H,33,37). The molecule has 4 aromatic carbocycles. The molecule has 1 aliphatic heterocycles. The van der Waals surface area contributed by atoms with Crippen LogP contribution in [0.5, 0.6) is 0 Å². The number of anilines is 2. The van der Waals surface area contributed by atoms with Crippen LogP contribution in [0.15, 0.2) is 94.7 Å². The summed E-state index contributed by atoms with van der Waals surface area (Å²) in [6, 6.07) is 19.1. The maximum Gasteiger partial charge on any atom is 0.346 e. The Kier molecular flexibility index (Phi) is 6.54. The number of fused-ring (bicyclic) bond motifs is 2. The zero-order valence-electron chi connectivity index (χ0n) is 21.9. The highest BCUT2D eigenvalue weighted by atomic mass is 32.2. The number of carbonyl (C=O) groups excluding carboxylic acids is 6. The maximum absolute atomic E-state index is 13.2. The molecule has 4 aromatic rings. The number of Topliss-reactive ketones (excluding diaryl/α,β-unsaturated/α-hetero) is 2. The molecule has 0 saturated carbocycles. The molecule has 212 valence electrons. The molecule has 1 heterocycles. The molecule has 0 unspecified atom stereocenters. The summed E-state index contributed by atoms with van der Waals surface area (Å²) in [5, 5.41) is 5.24. The van der Waals surface area contributed by atoms with E-state index in [-0.39, 0.29) is 61.2 Å². The van der Waals surface area contributed by atoms with Gasteiger partial charge in [-0.25, -0.2) is 18.0 Å². The molecule has 0 fully saturated rings. The number of cyclic esters (lactones) is 2. The Bertz CT molecular complexity index is 1890. The molecule has 1 aliphatic carbocycles. The highest BCUT2D eigenvalue weighted by Crippen LogP contribution is 2.27. The minimum absolute atomic E-state index is 0.0120. The number of benzene rings is 4. The predicted molar refractivity (Wildman–Crippen MR) is 150 cm³/mol. The van der Waals surface area contributed by atoms with E-state index in [4.69, 9.17) is 0 Å². The molecule has 43 heavy (non-hydrogen) atoms. The maximum atomic E-state index is 13.2. The molecule has 0 saturated heterocycles. The summed E-state index contributed by atoms with van der Waals surface area (Å²) in [6.07, 6.45) is -0.216. The van der Waals surface area contributed by atoms with Gasteiger partial charge in [0.2, 0.25) is 9.84 Å². The molecule has 0 atom stereocenters. The predicted octanol–water partition coefficient (Wildman–Crippen LogP) is 4.10. The number of carbonyl (C=O) groups is 6. The average Bonchev–Trinajstić information content (AvgIpc) is 3.45. The summed E-state index contributed by atoms with van der Waals surface area (Å²) < 4.78 is 30.9. The highest BCUT2D eigenvalue weighted by molar-refractivity contribution is 7.91. The molecule has 11 nitrogen and oxygen atoms in total. The van der Waals surface area contributed by atoms with Gasteiger partial charge in [0.15, 0.2) is 11.6 Å². The topological polar surface area (TPSA) is 170 Å². The normalized spacial score (nSPS) is 13.8. The van der Waals surface area contributed by atoms with Crippen molar-refractivity contribution >= 4 is 56.5 Å². The van der Waals surface area contributed by atoms with Crippen LogP contribution in [0.4, 0.5) is 11.4 Å². The number of nitrogens with one attached hydrogen (secondary N) is 2. The summed E-state index contributed by atoms with van der Waals surface area (Å²) in [6.45, 7) is 0. The van der Waals surface area contributed by atoms with Gasteiger partial charge in [0, 0.05) is 33.6 Å². The number of hydrogen-bond acceptors (Lipinski definition) is 9. The highest BCUT2D eigenvalue weighted by Gasteiger charge is 2.31. The van der Waals surface area contributed by atoms with Gasteiger partial charge < -0.3 is 15.4 Å². The van der Waals surface area contributed by atoms with Crippen molar-refractivity contribution in [1.29, 1.82) is 0 Å². The van der Waals surface area contributed by atoms with Crippen LogP contribution < -0.4 is 10.6 Å². The zero-order valence-corrected chi connectivity index (χ0v) is 22.7. The van der Waals surface area contributed by atoms with Gasteiger partial charge in [-0.3, -0.25) is 19.2 Å². The summed E-state index contributed by atoms with van der Waals surface area (Å²) in [5.41, 5.74) is 1.44. The summed E-state index contributed by atoms with van der Waals surface area (Å²) in [5.74, 6) is -3.36. The molecular weight excluding hydrogens is 576 g/mol. The minimum atomic E-state index is -3.95. The quantitative estimate of drug-likeness (QED) is 0.246. The lowest BCUT2D eigenvalue weighted by Gasteiger charge is -2.10. The summed E-state index contributed by atoms with van der Waals surface area (Å²) >= 11 is 0. The Morgan fingerprint density at radius 1 is 0.558 bits per heavy atom. The Morgan fingerprint density at radius 2 is 1.00 bits per heavy atom. The van der Waals surface area contributed by atoms with Crippen LogP contribution in [0, 0.1) is 0 Å². The van der Waals surface area contributed by atoms with Crippen molar-refractivity contribution < 1.29 is 41.9 Å². The third-order valence-corrected chi connectivity index (χ3v) is 8.74. The molecule has 6 rings (SSSR count). The fourth-order valence-corrected chi connectivity index (χ4v) is 5.96.